The van der Waals surface area contributed by atoms with Gasteiger partial charge in [0.25, 0.3) is 0 Å². The van der Waals surface area contributed by atoms with Gasteiger partial charge in [-0.2, -0.15) is 0 Å². The van der Waals surface area contributed by atoms with E-state index in [1.54, 1.807) is 0 Å². The topological polar surface area (TPSA) is 115 Å². The Morgan fingerprint density at radius 2 is 0.971 bits per heavy atom. The minimum atomic E-state index is -1.06. The molecule has 6 nitrogen and oxygen atoms in total. The van der Waals surface area contributed by atoms with Crippen molar-refractivity contribution in [2.45, 2.75) is 92.3 Å². The Bertz CT molecular complexity index is 844. The number of hydrogen-bond donors (Lipinski definition) is 4. The molecular formula is C28H42O6. The maximum atomic E-state index is 10.3. The Morgan fingerprint density at radius 3 is 1.09 bits per heavy atom. The summed E-state index contributed by atoms with van der Waals surface area (Å²) in [6, 6.07) is 5.02. The molecule has 5 rings (SSSR count). The van der Waals surface area contributed by atoms with Crippen molar-refractivity contribution in [1.29, 1.82) is 0 Å². The van der Waals surface area contributed by atoms with Crippen molar-refractivity contribution in [2.24, 2.45) is 33.5 Å². The Labute approximate surface area is 203 Å². The molecule has 0 aliphatic heterocycles. The number of aliphatic hydroxyl groups is 2. The van der Waals surface area contributed by atoms with Crippen molar-refractivity contribution in [1.82, 2.24) is 0 Å². The number of aromatic carboxylic acids is 2. The van der Waals surface area contributed by atoms with Crippen molar-refractivity contribution in [3.05, 3.63) is 35.4 Å². The number of fused-ring (bicyclic) bond motifs is 4. The normalized spacial score (nSPS) is 37.9. The van der Waals surface area contributed by atoms with Crippen LogP contribution in [0.25, 0.3) is 0 Å². The van der Waals surface area contributed by atoms with Gasteiger partial charge in [0.2, 0.25) is 0 Å². The van der Waals surface area contributed by atoms with E-state index in [4.69, 9.17) is 10.2 Å². The minimum absolute atomic E-state index is 0.0313. The number of carbonyl (C=O) groups is 2. The molecule has 4 saturated carbocycles. The third kappa shape index (κ3) is 4.17. The molecule has 6 unspecified atom stereocenters. The van der Waals surface area contributed by atoms with Crippen LogP contribution in [0, 0.1) is 33.5 Å². The third-order valence-corrected chi connectivity index (χ3v) is 10.9. The first-order valence-corrected chi connectivity index (χ1v) is 12.5. The van der Waals surface area contributed by atoms with Gasteiger partial charge in [-0.05, 0) is 96.3 Å². The molecule has 4 bridgehead atoms. The second-order valence-electron chi connectivity index (χ2n) is 12.4. The van der Waals surface area contributed by atoms with E-state index >= 15 is 0 Å². The number of benzene rings is 1. The van der Waals surface area contributed by atoms with E-state index in [9.17, 15) is 19.8 Å². The van der Waals surface area contributed by atoms with Gasteiger partial charge >= 0.3 is 11.9 Å². The lowest BCUT2D eigenvalue weighted by atomic mass is 9.70. The number of rotatable bonds is 2. The van der Waals surface area contributed by atoms with Crippen molar-refractivity contribution >= 4 is 11.9 Å². The summed E-state index contributed by atoms with van der Waals surface area (Å²) in [5.41, 5.74) is 1.37. The Hall–Kier alpha value is -1.92. The van der Waals surface area contributed by atoms with Gasteiger partial charge in [0.1, 0.15) is 0 Å². The van der Waals surface area contributed by atoms with Crippen molar-refractivity contribution in [3.63, 3.8) is 0 Å². The molecule has 4 fully saturated rings. The van der Waals surface area contributed by atoms with Crippen LogP contribution in [0.3, 0.4) is 0 Å². The van der Waals surface area contributed by atoms with Crippen LogP contribution in [-0.4, -0.2) is 44.6 Å². The van der Waals surface area contributed by atoms with E-state index in [-0.39, 0.29) is 34.2 Å². The van der Waals surface area contributed by atoms with Crippen molar-refractivity contribution < 1.29 is 30.0 Å². The molecule has 34 heavy (non-hydrogen) atoms. The highest BCUT2D eigenvalue weighted by Crippen LogP contribution is 2.66. The molecule has 0 radical (unpaired) electrons. The molecule has 0 aromatic heterocycles. The van der Waals surface area contributed by atoms with Gasteiger partial charge in [-0.15, -0.1) is 0 Å². The summed E-state index contributed by atoms with van der Waals surface area (Å²) < 4.78 is 0. The van der Waals surface area contributed by atoms with Gasteiger partial charge in [-0.25, -0.2) is 9.59 Å². The zero-order valence-corrected chi connectivity index (χ0v) is 21.5. The molecule has 1 aromatic carbocycles. The van der Waals surface area contributed by atoms with Gasteiger partial charge in [0.15, 0.2) is 0 Å². The second-order valence-corrected chi connectivity index (χ2v) is 12.4. The number of carboxylic acids is 2. The fraction of sp³-hybridized carbons (Fsp3) is 0.714. The largest absolute Gasteiger partial charge is 0.478 e. The SMILES string of the molecule is CC1(C)C2CCC1(C)C(O)C2.CC1(C)C2CCC1(C)C(O)C2.O=C(O)c1ccc(C(=O)O)cc1. The number of hydrogen-bond acceptors (Lipinski definition) is 4. The summed E-state index contributed by atoms with van der Waals surface area (Å²) in [6.07, 6.45) is 7.15. The van der Waals surface area contributed by atoms with Crippen molar-refractivity contribution in [3.8, 4) is 0 Å². The summed E-state index contributed by atoms with van der Waals surface area (Å²) >= 11 is 0. The van der Waals surface area contributed by atoms with Crippen LogP contribution in [0.1, 0.15) is 101 Å². The van der Waals surface area contributed by atoms with E-state index < -0.39 is 11.9 Å². The van der Waals surface area contributed by atoms with E-state index in [0.717, 1.165) is 24.7 Å². The monoisotopic (exact) mass is 474 g/mol. The van der Waals surface area contributed by atoms with E-state index in [1.807, 2.05) is 0 Å². The summed E-state index contributed by atoms with van der Waals surface area (Å²) in [7, 11) is 0. The molecule has 4 aliphatic carbocycles. The average Bonchev–Trinajstić information content (AvgIpc) is 3.26. The zero-order valence-electron chi connectivity index (χ0n) is 21.5. The molecule has 1 aromatic rings. The Balaban J connectivity index is 0.000000143. The van der Waals surface area contributed by atoms with Gasteiger partial charge in [0, 0.05) is 0 Å². The predicted octanol–water partition coefficient (Wildman–Crippen LogP) is 5.47. The molecule has 6 heteroatoms. The first-order valence-electron chi connectivity index (χ1n) is 12.5. The van der Waals surface area contributed by atoms with E-state index in [2.05, 4.69) is 41.5 Å². The highest BCUT2D eigenvalue weighted by molar-refractivity contribution is 5.91. The van der Waals surface area contributed by atoms with Crippen LogP contribution in [0.5, 0.6) is 0 Å². The van der Waals surface area contributed by atoms with Crippen LogP contribution in [0.4, 0.5) is 0 Å². The van der Waals surface area contributed by atoms with E-state index in [0.29, 0.717) is 10.8 Å². The molecule has 4 aliphatic rings. The maximum Gasteiger partial charge on any atom is 0.335 e. The molecular weight excluding hydrogens is 432 g/mol. The third-order valence-electron chi connectivity index (χ3n) is 10.9. The summed E-state index contributed by atoms with van der Waals surface area (Å²) in [5, 5.41) is 36.6. The highest BCUT2D eigenvalue weighted by Gasteiger charge is 2.61. The van der Waals surface area contributed by atoms with E-state index in [1.165, 1.54) is 49.9 Å². The van der Waals surface area contributed by atoms with Crippen LogP contribution in [-0.2, 0) is 0 Å². The minimum Gasteiger partial charge on any atom is -0.478 e. The van der Waals surface area contributed by atoms with Crippen LogP contribution in [0.15, 0.2) is 24.3 Å². The van der Waals surface area contributed by atoms with Crippen LogP contribution < -0.4 is 0 Å². The summed E-state index contributed by atoms with van der Waals surface area (Å²) in [6.45, 7) is 13.8. The van der Waals surface area contributed by atoms with Gasteiger partial charge in [-0.3, -0.25) is 0 Å². The second kappa shape index (κ2) is 8.94. The maximum absolute atomic E-state index is 10.3. The summed E-state index contributed by atoms with van der Waals surface area (Å²) in [4.78, 5) is 20.7. The molecule has 4 N–H and O–H groups in total. The molecule has 6 atom stereocenters. The first kappa shape index (κ1) is 26.7. The molecule has 0 spiro atoms. The molecule has 0 saturated heterocycles. The molecule has 0 amide bonds. The standard InChI is InChI=1S/2C10H18O.C8H6O4/c2*1-9(2)7-4-5-10(9,3)8(11)6-7;9-7(10)5-1-2-6(4-3-5)8(11)12/h2*7-8,11H,4-6H2,1-3H3;1-4H,(H,9,10)(H,11,12). The van der Waals surface area contributed by atoms with Crippen LogP contribution in [0.2, 0.25) is 0 Å². The molecule has 190 valence electrons. The fourth-order valence-corrected chi connectivity index (χ4v) is 7.08. The summed E-state index contributed by atoms with van der Waals surface area (Å²) in [5.74, 6) is -0.566. The lowest BCUT2D eigenvalue weighted by molar-refractivity contribution is 0.0125. The average molecular weight is 475 g/mol. The highest BCUT2D eigenvalue weighted by atomic mass is 16.4. The zero-order chi connectivity index (χ0) is 25.7. The first-order chi connectivity index (χ1) is 15.6. The van der Waals surface area contributed by atoms with Gasteiger partial charge < -0.3 is 20.4 Å². The predicted molar refractivity (Wildman–Crippen MR) is 131 cm³/mol. The smallest absolute Gasteiger partial charge is 0.335 e. The van der Waals surface area contributed by atoms with Gasteiger partial charge in [0.05, 0.1) is 23.3 Å². The lowest BCUT2D eigenvalue weighted by Crippen LogP contribution is -2.35. The van der Waals surface area contributed by atoms with Gasteiger partial charge in [-0.1, -0.05) is 41.5 Å². The quantitative estimate of drug-likeness (QED) is 0.452. The molecule has 0 heterocycles. The van der Waals surface area contributed by atoms with Crippen LogP contribution >= 0.6 is 0 Å². The Morgan fingerprint density at radius 1 is 0.676 bits per heavy atom. The fourth-order valence-electron chi connectivity index (χ4n) is 7.08. The lowest BCUT2D eigenvalue weighted by Gasteiger charge is -2.36. The number of aliphatic hydroxyl groups excluding tert-OH is 2. The number of carboxylic acid groups (broad SMARTS) is 2. The van der Waals surface area contributed by atoms with Crippen molar-refractivity contribution in [2.75, 3.05) is 0 Å². The Kier molecular flexibility index (Phi) is 7.02.